The van der Waals surface area contributed by atoms with Crippen LogP contribution in [-0.2, 0) is 14.3 Å². The number of hydrogen-bond acceptors (Lipinski definition) is 4. The molecule has 2 rings (SSSR count). The van der Waals surface area contributed by atoms with Gasteiger partial charge in [0.15, 0.2) is 5.60 Å². The van der Waals surface area contributed by atoms with Gasteiger partial charge in [0.2, 0.25) is 11.4 Å². The molecule has 0 radical (unpaired) electrons. The molecule has 6 heteroatoms. The number of carbonyl (C=O) groups excluding carboxylic acids is 2. The third kappa shape index (κ3) is 1.37. The number of fused-ring (bicyclic) bond motifs is 1. The number of nitrogens with one attached hydrogen (secondary N) is 1. The van der Waals surface area contributed by atoms with Crippen LogP contribution >= 0.6 is 11.6 Å². The third-order valence-electron chi connectivity index (χ3n) is 4.18. The van der Waals surface area contributed by atoms with Gasteiger partial charge in [-0.25, -0.2) is 4.79 Å². The van der Waals surface area contributed by atoms with E-state index in [4.69, 9.17) is 16.3 Å². The lowest BCUT2D eigenvalue weighted by Crippen LogP contribution is -2.79. The van der Waals surface area contributed by atoms with Crippen LogP contribution in [0.25, 0.3) is 0 Å². The summed E-state index contributed by atoms with van der Waals surface area (Å²) in [6, 6.07) is 0. The number of aliphatic hydroxyl groups is 1. The molecule has 0 bridgehead atoms. The van der Waals surface area contributed by atoms with Gasteiger partial charge in [0.1, 0.15) is 0 Å². The van der Waals surface area contributed by atoms with Crippen molar-refractivity contribution in [2.24, 2.45) is 11.8 Å². The van der Waals surface area contributed by atoms with Crippen molar-refractivity contribution in [2.75, 3.05) is 5.88 Å². The van der Waals surface area contributed by atoms with E-state index >= 15 is 0 Å². The second-order valence-electron chi connectivity index (χ2n) is 5.51. The summed E-state index contributed by atoms with van der Waals surface area (Å²) in [5, 5.41) is 12.9. The zero-order valence-corrected chi connectivity index (χ0v) is 11.5. The lowest BCUT2D eigenvalue weighted by Gasteiger charge is -2.54. The molecule has 2 aliphatic heterocycles. The summed E-state index contributed by atoms with van der Waals surface area (Å²) in [6.45, 7) is 5.29. The van der Waals surface area contributed by atoms with Crippen LogP contribution in [0, 0.1) is 11.8 Å². The first-order valence-electron chi connectivity index (χ1n) is 6.10. The number of carbonyl (C=O) groups is 2. The topological polar surface area (TPSA) is 75.6 Å². The van der Waals surface area contributed by atoms with Crippen LogP contribution in [0.3, 0.4) is 0 Å². The summed E-state index contributed by atoms with van der Waals surface area (Å²) in [4.78, 5) is 23.8. The molecule has 3 unspecified atom stereocenters. The Bertz CT molecular complexity index is 400. The van der Waals surface area contributed by atoms with Crippen molar-refractivity contribution in [3.63, 3.8) is 0 Å². The molecule has 0 saturated carbocycles. The Morgan fingerprint density at radius 1 is 1.50 bits per heavy atom. The molecular formula is C12H18ClNO4. The fourth-order valence-electron chi connectivity index (χ4n) is 3.07. The fourth-order valence-corrected chi connectivity index (χ4v) is 3.28. The Morgan fingerprint density at radius 2 is 2.11 bits per heavy atom. The van der Waals surface area contributed by atoms with Crippen molar-refractivity contribution in [2.45, 2.75) is 44.4 Å². The molecule has 0 spiro atoms. The molecule has 2 fully saturated rings. The van der Waals surface area contributed by atoms with Crippen molar-refractivity contribution in [1.82, 2.24) is 5.32 Å². The molecule has 18 heavy (non-hydrogen) atoms. The lowest BCUT2D eigenvalue weighted by molar-refractivity contribution is -0.238. The summed E-state index contributed by atoms with van der Waals surface area (Å²) >= 11 is 5.69. The first kappa shape index (κ1) is 13.6. The smallest absolute Gasteiger partial charge is 0.339 e. The zero-order chi connectivity index (χ0) is 13.7. The van der Waals surface area contributed by atoms with Crippen LogP contribution in [0.4, 0.5) is 0 Å². The van der Waals surface area contributed by atoms with Crippen molar-refractivity contribution in [3.05, 3.63) is 0 Å². The molecule has 4 atom stereocenters. The van der Waals surface area contributed by atoms with Crippen LogP contribution in [0.1, 0.15) is 27.2 Å². The van der Waals surface area contributed by atoms with Gasteiger partial charge in [-0.15, -0.1) is 11.6 Å². The van der Waals surface area contributed by atoms with Crippen LogP contribution in [-0.4, -0.2) is 40.1 Å². The van der Waals surface area contributed by atoms with E-state index < -0.39 is 29.1 Å². The van der Waals surface area contributed by atoms with Crippen molar-refractivity contribution in [1.29, 1.82) is 0 Å². The van der Waals surface area contributed by atoms with Crippen LogP contribution < -0.4 is 5.32 Å². The molecule has 0 aromatic heterocycles. The van der Waals surface area contributed by atoms with Gasteiger partial charge in [0, 0.05) is 5.88 Å². The molecule has 0 aromatic rings. The molecule has 0 aromatic carbocycles. The summed E-state index contributed by atoms with van der Waals surface area (Å²) in [5.41, 5.74) is -2.31. The number of alkyl halides is 1. The van der Waals surface area contributed by atoms with E-state index in [9.17, 15) is 14.7 Å². The summed E-state index contributed by atoms with van der Waals surface area (Å²) in [5.74, 6) is -1.19. The summed E-state index contributed by atoms with van der Waals surface area (Å²) < 4.78 is 5.22. The van der Waals surface area contributed by atoms with Gasteiger partial charge in [-0.3, -0.25) is 4.79 Å². The highest BCUT2D eigenvalue weighted by molar-refractivity contribution is 6.18. The number of esters is 1. The van der Waals surface area contributed by atoms with Crippen molar-refractivity contribution in [3.8, 4) is 0 Å². The van der Waals surface area contributed by atoms with Crippen molar-refractivity contribution >= 4 is 23.5 Å². The standard InChI is InChI=1S/C12H18ClNO4/c1-6(2)8(15)12-10(17)18-11(12,3)7(4-5-13)9(16)14-12/h6-8,15H,4-5H2,1-3H3,(H,14,16)/t7?,8?,11?,12-/m1/s1. The third-order valence-corrected chi connectivity index (χ3v) is 4.40. The number of hydrogen-bond donors (Lipinski definition) is 2. The predicted octanol–water partition coefficient (Wildman–Crippen LogP) is 0.432. The number of rotatable bonds is 4. The second kappa shape index (κ2) is 4.10. The van der Waals surface area contributed by atoms with Crippen LogP contribution in [0.2, 0.25) is 0 Å². The van der Waals surface area contributed by atoms with Gasteiger partial charge in [-0.05, 0) is 19.3 Å². The minimum absolute atomic E-state index is 0.160. The van der Waals surface area contributed by atoms with Gasteiger partial charge in [-0.1, -0.05) is 13.8 Å². The quantitative estimate of drug-likeness (QED) is 0.576. The van der Waals surface area contributed by atoms with E-state index in [1.54, 1.807) is 20.8 Å². The minimum Gasteiger partial charge on any atom is -0.453 e. The first-order valence-corrected chi connectivity index (χ1v) is 6.64. The monoisotopic (exact) mass is 275 g/mol. The van der Waals surface area contributed by atoms with Gasteiger partial charge in [0.25, 0.3) is 0 Å². The average Bonchev–Trinajstić information content (AvgIpc) is 2.46. The maximum absolute atomic E-state index is 12.0. The van der Waals surface area contributed by atoms with E-state index in [-0.39, 0.29) is 11.8 Å². The highest BCUT2D eigenvalue weighted by Crippen LogP contribution is 2.52. The Morgan fingerprint density at radius 3 is 2.56 bits per heavy atom. The average molecular weight is 276 g/mol. The second-order valence-corrected chi connectivity index (χ2v) is 5.89. The molecule has 2 N–H and O–H groups in total. The fraction of sp³-hybridized carbons (Fsp3) is 0.833. The van der Waals surface area contributed by atoms with Gasteiger partial charge in [-0.2, -0.15) is 0 Å². The molecule has 1 amide bonds. The van der Waals surface area contributed by atoms with Gasteiger partial charge >= 0.3 is 5.97 Å². The number of aliphatic hydroxyl groups excluding tert-OH is 1. The molecule has 2 aliphatic rings. The normalized spacial score (nSPS) is 40.0. The number of halogens is 1. The molecule has 0 aliphatic carbocycles. The van der Waals surface area contributed by atoms with E-state index in [0.717, 1.165) is 0 Å². The molecule has 2 saturated heterocycles. The zero-order valence-electron chi connectivity index (χ0n) is 10.7. The van der Waals surface area contributed by atoms with Crippen LogP contribution in [0.5, 0.6) is 0 Å². The first-order chi connectivity index (χ1) is 8.31. The van der Waals surface area contributed by atoms with Crippen LogP contribution in [0.15, 0.2) is 0 Å². The Kier molecular flexibility index (Phi) is 3.10. The highest BCUT2D eigenvalue weighted by Gasteiger charge is 2.79. The lowest BCUT2D eigenvalue weighted by atomic mass is 9.66. The van der Waals surface area contributed by atoms with Gasteiger partial charge < -0.3 is 15.2 Å². The maximum Gasteiger partial charge on any atom is 0.339 e. The number of ether oxygens (including phenoxy) is 1. The summed E-state index contributed by atoms with van der Waals surface area (Å²) in [7, 11) is 0. The highest BCUT2D eigenvalue weighted by atomic mass is 35.5. The predicted molar refractivity (Wildman–Crippen MR) is 65.0 cm³/mol. The van der Waals surface area contributed by atoms with E-state index in [1.807, 2.05) is 0 Å². The van der Waals surface area contributed by atoms with Gasteiger partial charge in [0.05, 0.1) is 12.0 Å². The molecule has 102 valence electrons. The molecular weight excluding hydrogens is 258 g/mol. The molecule has 5 nitrogen and oxygen atoms in total. The van der Waals surface area contributed by atoms with E-state index in [2.05, 4.69) is 5.32 Å². The number of amides is 1. The minimum atomic E-state index is -1.31. The Hall–Kier alpha value is -0.810. The van der Waals surface area contributed by atoms with E-state index in [1.165, 1.54) is 0 Å². The SMILES string of the molecule is CC(C)C(O)[C@]12NC(=O)C(CCCl)C1(C)OC2=O. The van der Waals surface area contributed by atoms with E-state index in [0.29, 0.717) is 12.3 Å². The van der Waals surface area contributed by atoms with Crippen molar-refractivity contribution < 1.29 is 19.4 Å². The molecule has 2 heterocycles. The summed E-state index contributed by atoms with van der Waals surface area (Å²) in [6.07, 6.45) is -0.544. The Labute approximate surface area is 111 Å². The largest absolute Gasteiger partial charge is 0.453 e. The Balaban J connectivity index is 2.40. The maximum atomic E-state index is 12.0.